The van der Waals surface area contributed by atoms with E-state index < -0.39 is 5.97 Å². The first-order valence-electron chi connectivity index (χ1n) is 3.76. The molecule has 1 N–H and O–H groups in total. The smallest absolute Gasteiger partial charge is 0.325 e. The molecule has 0 unspecified atom stereocenters. The number of carboxylic acid groups (broad SMARTS) is 1. The maximum atomic E-state index is 10.3. The Morgan fingerprint density at radius 3 is 2.75 bits per heavy atom. The van der Waals surface area contributed by atoms with Crippen molar-refractivity contribution in [1.82, 2.24) is 15.0 Å². The minimum absolute atomic E-state index is 0.112. The molecule has 0 saturated carbocycles. The molecule has 0 aliphatic rings. The Kier molecular flexibility index (Phi) is 2.42. The number of hydrogen-bond acceptors (Lipinski definition) is 3. The first-order chi connectivity index (χ1) is 5.65. The van der Waals surface area contributed by atoms with E-state index in [0.29, 0.717) is 0 Å². The first kappa shape index (κ1) is 8.70. The van der Waals surface area contributed by atoms with Gasteiger partial charge in [-0.15, -0.1) is 5.10 Å². The standard InChI is InChI=1S/C7H11N3O2/c1-3-6-5(2)10(9-8-6)4-7(11)12/h3-4H2,1-2H3,(H,11,12). The van der Waals surface area contributed by atoms with Gasteiger partial charge in [-0.2, -0.15) is 0 Å². The summed E-state index contributed by atoms with van der Waals surface area (Å²) in [5.74, 6) is -0.898. The van der Waals surface area contributed by atoms with Crippen LogP contribution in [0, 0.1) is 6.92 Å². The van der Waals surface area contributed by atoms with Gasteiger partial charge in [0, 0.05) is 0 Å². The van der Waals surface area contributed by atoms with Crippen LogP contribution in [0.25, 0.3) is 0 Å². The topological polar surface area (TPSA) is 68.0 Å². The van der Waals surface area contributed by atoms with Crippen LogP contribution >= 0.6 is 0 Å². The molecule has 5 nitrogen and oxygen atoms in total. The van der Waals surface area contributed by atoms with Crippen molar-refractivity contribution in [2.75, 3.05) is 0 Å². The molecule has 0 aliphatic carbocycles. The number of hydrogen-bond donors (Lipinski definition) is 1. The molecule has 12 heavy (non-hydrogen) atoms. The number of aromatic nitrogens is 3. The Bertz CT molecular complexity index is 293. The molecule has 0 amide bonds. The second kappa shape index (κ2) is 3.34. The molecule has 0 saturated heterocycles. The Morgan fingerprint density at radius 2 is 2.33 bits per heavy atom. The highest BCUT2D eigenvalue weighted by molar-refractivity contribution is 5.66. The summed E-state index contributed by atoms with van der Waals surface area (Å²) < 4.78 is 1.39. The van der Waals surface area contributed by atoms with E-state index in [4.69, 9.17) is 5.11 Å². The molecule has 0 aromatic carbocycles. The maximum absolute atomic E-state index is 10.3. The van der Waals surface area contributed by atoms with Crippen molar-refractivity contribution < 1.29 is 9.90 Å². The number of carbonyl (C=O) groups is 1. The van der Waals surface area contributed by atoms with Crippen molar-refractivity contribution in [2.24, 2.45) is 0 Å². The lowest BCUT2D eigenvalue weighted by molar-refractivity contribution is -0.137. The van der Waals surface area contributed by atoms with Crippen LogP contribution in [-0.4, -0.2) is 26.1 Å². The average Bonchev–Trinajstić information content (AvgIpc) is 2.32. The Balaban J connectivity index is 2.87. The van der Waals surface area contributed by atoms with Crippen molar-refractivity contribution in [2.45, 2.75) is 26.8 Å². The highest BCUT2D eigenvalue weighted by atomic mass is 16.4. The fourth-order valence-electron chi connectivity index (χ4n) is 1.00. The second-order valence-corrected chi connectivity index (χ2v) is 2.53. The van der Waals surface area contributed by atoms with Crippen molar-refractivity contribution in [3.05, 3.63) is 11.4 Å². The molecule has 0 spiro atoms. The van der Waals surface area contributed by atoms with E-state index in [0.717, 1.165) is 17.8 Å². The van der Waals surface area contributed by atoms with Crippen LogP contribution in [0.2, 0.25) is 0 Å². The number of aryl methyl sites for hydroxylation is 1. The lowest BCUT2D eigenvalue weighted by Crippen LogP contribution is -2.11. The normalized spacial score (nSPS) is 10.2. The Hall–Kier alpha value is -1.39. The van der Waals surface area contributed by atoms with Crippen LogP contribution in [0.5, 0.6) is 0 Å². The van der Waals surface area contributed by atoms with Crippen LogP contribution in [0.4, 0.5) is 0 Å². The summed E-state index contributed by atoms with van der Waals surface area (Å²) in [6.45, 7) is 3.67. The van der Waals surface area contributed by atoms with E-state index in [2.05, 4.69) is 10.3 Å². The van der Waals surface area contributed by atoms with Crippen LogP contribution < -0.4 is 0 Å². The molecule has 1 heterocycles. The minimum atomic E-state index is -0.898. The van der Waals surface area contributed by atoms with E-state index >= 15 is 0 Å². The number of aliphatic carboxylic acids is 1. The lowest BCUT2D eigenvalue weighted by atomic mass is 10.3. The second-order valence-electron chi connectivity index (χ2n) is 2.53. The summed E-state index contributed by atoms with van der Waals surface area (Å²) in [4.78, 5) is 10.3. The fraction of sp³-hybridized carbons (Fsp3) is 0.571. The molecule has 1 aromatic heterocycles. The van der Waals surface area contributed by atoms with E-state index in [1.165, 1.54) is 4.68 Å². The van der Waals surface area contributed by atoms with Gasteiger partial charge in [-0.05, 0) is 13.3 Å². The van der Waals surface area contributed by atoms with E-state index in [-0.39, 0.29) is 6.54 Å². The molecule has 66 valence electrons. The predicted octanol–water partition coefficient (Wildman–Crippen LogP) is 0.234. The van der Waals surface area contributed by atoms with Gasteiger partial charge in [-0.1, -0.05) is 12.1 Å². The molecule has 0 aliphatic heterocycles. The highest BCUT2D eigenvalue weighted by Gasteiger charge is 2.08. The third-order valence-electron chi connectivity index (χ3n) is 1.70. The lowest BCUT2D eigenvalue weighted by Gasteiger charge is -1.97. The van der Waals surface area contributed by atoms with Crippen molar-refractivity contribution in [3.8, 4) is 0 Å². The van der Waals surface area contributed by atoms with Crippen molar-refractivity contribution in [3.63, 3.8) is 0 Å². The zero-order valence-corrected chi connectivity index (χ0v) is 7.11. The Morgan fingerprint density at radius 1 is 1.67 bits per heavy atom. The number of carboxylic acids is 1. The minimum Gasteiger partial charge on any atom is -0.480 e. The Labute approximate surface area is 70.0 Å². The molecule has 0 atom stereocenters. The van der Waals surface area contributed by atoms with Gasteiger partial charge in [0.1, 0.15) is 6.54 Å². The third-order valence-corrected chi connectivity index (χ3v) is 1.70. The predicted molar refractivity (Wildman–Crippen MR) is 41.8 cm³/mol. The monoisotopic (exact) mass is 169 g/mol. The van der Waals surface area contributed by atoms with Crippen molar-refractivity contribution >= 4 is 5.97 Å². The van der Waals surface area contributed by atoms with Crippen LogP contribution in [-0.2, 0) is 17.8 Å². The van der Waals surface area contributed by atoms with Gasteiger partial charge in [0.25, 0.3) is 0 Å². The van der Waals surface area contributed by atoms with Gasteiger partial charge >= 0.3 is 5.97 Å². The van der Waals surface area contributed by atoms with Crippen LogP contribution in [0.15, 0.2) is 0 Å². The summed E-state index contributed by atoms with van der Waals surface area (Å²) in [6, 6.07) is 0. The number of rotatable bonds is 3. The summed E-state index contributed by atoms with van der Waals surface area (Å²) >= 11 is 0. The largest absolute Gasteiger partial charge is 0.480 e. The quantitative estimate of drug-likeness (QED) is 0.703. The fourth-order valence-corrected chi connectivity index (χ4v) is 1.00. The van der Waals surface area contributed by atoms with E-state index in [9.17, 15) is 4.79 Å². The van der Waals surface area contributed by atoms with Gasteiger partial charge < -0.3 is 5.11 Å². The first-order valence-corrected chi connectivity index (χ1v) is 3.76. The van der Waals surface area contributed by atoms with Crippen LogP contribution in [0.1, 0.15) is 18.3 Å². The average molecular weight is 169 g/mol. The summed E-state index contributed by atoms with van der Waals surface area (Å²) in [6.07, 6.45) is 0.783. The summed E-state index contributed by atoms with van der Waals surface area (Å²) in [5.41, 5.74) is 1.69. The third kappa shape index (κ3) is 1.61. The molecular weight excluding hydrogens is 158 g/mol. The van der Waals surface area contributed by atoms with Gasteiger partial charge in [-0.25, -0.2) is 4.68 Å². The number of nitrogens with zero attached hydrogens (tertiary/aromatic N) is 3. The molecule has 0 bridgehead atoms. The zero-order chi connectivity index (χ0) is 9.14. The maximum Gasteiger partial charge on any atom is 0.325 e. The SMILES string of the molecule is CCc1nnn(CC(=O)O)c1C. The van der Waals surface area contributed by atoms with E-state index in [1.807, 2.05) is 13.8 Å². The summed E-state index contributed by atoms with van der Waals surface area (Å²) in [7, 11) is 0. The zero-order valence-electron chi connectivity index (χ0n) is 7.11. The van der Waals surface area contributed by atoms with E-state index in [1.54, 1.807) is 0 Å². The molecule has 0 fully saturated rings. The van der Waals surface area contributed by atoms with Gasteiger partial charge in [-0.3, -0.25) is 4.79 Å². The molecule has 1 rings (SSSR count). The molecule has 1 aromatic rings. The molecule has 5 heteroatoms. The van der Waals surface area contributed by atoms with Crippen molar-refractivity contribution in [1.29, 1.82) is 0 Å². The van der Waals surface area contributed by atoms with Gasteiger partial charge in [0.05, 0.1) is 11.4 Å². The molecule has 0 radical (unpaired) electrons. The van der Waals surface area contributed by atoms with Crippen LogP contribution in [0.3, 0.4) is 0 Å². The van der Waals surface area contributed by atoms with Gasteiger partial charge in [0.2, 0.25) is 0 Å². The molecular formula is C7H11N3O2. The highest BCUT2D eigenvalue weighted by Crippen LogP contribution is 2.03. The van der Waals surface area contributed by atoms with Gasteiger partial charge in [0.15, 0.2) is 0 Å². The summed E-state index contributed by atoms with van der Waals surface area (Å²) in [5, 5.41) is 16.0.